The third-order valence-corrected chi connectivity index (χ3v) is 3.62. The van der Waals surface area contributed by atoms with Crippen molar-refractivity contribution in [2.75, 3.05) is 25.0 Å². The van der Waals surface area contributed by atoms with E-state index in [1.165, 1.54) is 0 Å². The lowest BCUT2D eigenvalue weighted by Gasteiger charge is -2.27. The van der Waals surface area contributed by atoms with Crippen LogP contribution in [0.3, 0.4) is 0 Å². The number of amides is 1. The monoisotopic (exact) mass is 306 g/mol. The van der Waals surface area contributed by atoms with E-state index in [0.29, 0.717) is 12.5 Å². The number of nitrogens with one attached hydrogen (secondary N) is 1. The van der Waals surface area contributed by atoms with Crippen molar-refractivity contribution < 1.29 is 9.90 Å². The van der Waals surface area contributed by atoms with Crippen LogP contribution in [0.2, 0.25) is 0 Å². The van der Waals surface area contributed by atoms with Crippen molar-refractivity contribution in [3.8, 4) is 0 Å². The number of para-hydroxylation sites is 1. The quantitative estimate of drug-likeness (QED) is 0.813. The Morgan fingerprint density at radius 1 is 1.36 bits per heavy atom. The highest BCUT2D eigenvalue weighted by Gasteiger charge is 2.20. The first-order chi connectivity index (χ1) is 10.1. The van der Waals surface area contributed by atoms with Gasteiger partial charge in [-0.2, -0.15) is 0 Å². The van der Waals surface area contributed by atoms with Crippen LogP contribution in [0, 0.1) is 6.92 Å². The summed E-state index contributed by atoms with van der Waals surface area (Å²) in [6.45, 7) is 13.2. The van der Waals surface area contributed by atoms with Crippen LogP contribution in [0.15, 0.2) is 18.2 Å². The van der Waals surface area contributed by atoms with Gasteiger partial charge in [-0.25, -0.2) is 0 Å². The van der Waals surface area contributed by atoms with Crippen molar-refractivity contribution in [2.24, 2.45) is 0 Å². The van der Waals surface area contributed by atoms with E-state index in [2.05, 4.69) is 25.2 Å². The van der Waals surface area contributed by atoms with Gasteiger partial charge in [0.2, 0.25) is 5.91 Å². The Bertz CT molecular complexity index is 504. The van der Waals surface area contributed by atoms with Crippen molar-refractivity contribution in [2.45, 2.75) is 53.1 Å². The Morgan fingerprint density at radius 2 is 2.00 bits per heavy atom. The molecule has 0 aliphatic heterocycles. The summed E-state index contributed by atoms with van der Waals surface area (Å²) in [5.41, 5.74) is 2.34. The fourth-order valence-electron chi connectivity index (χ4n) is 2.55. The Balaban J connectivity index is 2.81. The average Bonchev–Trinajstić information content (AvgIpc) is 2.38. The normalized spacial score (nSPS) is 12.0. The summed E-state index contributed by atoms with van der Waals surface area (Å²) < 4.78 is 0. The highest BCUT2D eigenvalue weighted by Crippen LogP contribution is 2.27. The maximum Gasteiger partial charge on any atom is 0.238 e. The molecule has 0 saturated heterocycles. The fourth-order valence-corrected chi connectivity index (χ4v) is 2.55. The summed E-state index contributed by atoms with van der Waals surface area (Å²) in [4.78, 5) is 14.3. The number of aryl methyl sites for hydroxylation is 1. The summed E-state index contributed by atoms with van der Waals surface area (Å²) in [5.74, 6) is 0.316. The molecule has 0 aliphatic rings. The van der Waals surface area contributed by atoms with Gasteiger partial charge in [0.25, 0.3) is 0 Å². The van der Waals surface area contributed by atoms with E-state index in [1.54, 1.807) is 13.8 Å². The molecule has 0 fully saturated rings. The topological polar surface area (TPSA) is 52.6 Å². The number of anilines is 1. The van der Waals surface area contributed by atoms with Crippen LogP contribution in [0.4, 0.5) is 5.69 Å². The lowest BCUT2D eigenvalue weighted by atomic mass is 9.98. The minimum absolute atomic E-state index is 0.0395. The molecule has 2 N–H and O–H groups in total. The Hall–Kier alpha value is -1.39. The Morgan fingerprint density at radius 3 is 2.50 bits per heavy atom. The van der Waals surface area contributed by atoms with Crippen molar-refractivity contribution in [3.63, 3.8) is 0 Å². The second kappa shape index (κ2) is 7.75. The lowest BCUT2D eigenvalue weighted by Crippen LogP contribution is -2.42. The van der Waals surface area contributed by atoms with E-state index >= 15 is 0 Å². The third kappa shape index (κ3) is 5.78. The molecule has 22 heavy (non-hydrogen) atoms. The predicted octanol–water partition coefficient (Wildman–Crippen LogP) is 3.15. The van der Waals surface area contributed by atoms with Gasteiger partial charge in [0.15, 0.2) is 0 Å². The molecule has 1 aromatic carbocycles. The molecule has 0 heterocycles. The number of likely N-dealkylation sites (N-methyl/N-ethyl adjacent to an activating group) is 1. The summed E-state index contributed by atoms with van der Waals surface area (Å²) in [6.07, 6.45) is 0. The summed E-state index contributed by atoms with van der Waals surface area (Å²) >= 11 is 0. The molecule has 1 aromatic rings. The lowest BCUT2D eigenvalue weighted by molar-refractivity contribution is -0.117. The van der Waals surface area contributed by atoms with Crippen LogP contribution in [-0.4, -0.2) is 41.1 Å². The van der Waals surface area contributed by atoms with Crippen LogP contribution >= 0.6 is 0 Å². The smallest absolute Gasteiger partial charge is 0.238 e. The summed E-state index contributed by atoms with van der Waals surface area (Å²) in [5, 5.41) is 13.0. The largest absolute Gasteiger partial charge is 0.389 e. The van der Waals surface area contributed by atoms with Crippen LogP contribution in [0.5, 0.6) is 0 Å². The van der Waals surface area contributed by atoms with Crippen molar-refractivity contribution >= 4 is 11.6 Å². The number of rotatable bonds is 7. The molecule has 0 saturated carbocycles. The number of nitrogens with zero attached hydrogens (tertiary/aromatic N) is 1. The number of hydrogen-bond donors (Lipinski definition) is 2. The van der Waals surface area contributed by atoms with Crippen molar-refractivity contribution in [1.82, 2.24) is 4.90 Å². The Labute approximate surface area is 134 Å². The highest BCUT2D eigenvalue weighted by molar-refractivity contribution is 5.93. The second-order valence-corrected chi connectivity index (χ2v) is 6.86. The first-order valence-corrected chi connectivity index (χ1v) is 7.98. The molecule has 1 rings (SSSR count). The zero-order valence-electron chi connectivity index (χ0n) is 14.7. The molecule has 0 unspecified atom stereocenters. The van der Waals surface area contributed by atoms with E-state index in [-0.39, 0.29) is 12.5 Å². The molecular weight excluding hydrogens is 276 g/mol. The average molecular weight is 306 g/mol. The van der Waals surface area contributed by atoms with Gasteiger partial charge in [-0.1, -0.05) is 39.0 Å². The van der Waals surface area contributed by atoms with Crippen molar-refractivity contribution in [3.05, 3.63) is 29.3 Å². The van der Waals surface area contributed by atoms with E-state index in [9.17, 15) is 9.90 Å². The van der Waals surface area contributed by atoms with Gasteiger partial charge < -0.3 is 10.4 Å². The maximum atomic E-state index is 12.4. The first kappa shape index (κ1) is 18.7. The van der Waals surface area contributed by atoms with E-state index in [4.69, 9.17) is 0 Å². The van der Waals surface area contributed by atoms with Crippen molar-refractivity contribution in [1.29, 1.82) is 0 Å². The molecule has 124 valence electrons. The van der Waals surface area contributed by atoms with E-state index < -0.39 is 5.60 Å². The van der Waals surface area contributed by atoms with Gasteiger partial charge in [-0.05, 0) is 44.4 Å². The second-order valence-electron chi connectivity index (χ2n) is 6.86. The molecular formula is C18H30N2O2. The zero-order valence-corrected chi connectivity index (χ0v) is 14.7. The molecule has 0 aromatic heterocycles. The first-order valence-electron chi connectivity index (χ1n) is 7.98. The molecule has 4 nitrogen and oxygen atoms in total. The minimum Gasteiger partial charge on any atom is -0.389 e. The Kier molecular flexibility index (Phi) is 6.57. The highest BCUT2D eigenvalue weighted by atomic mass is 16.3. The number of benzene rings is 1. The standard InChI is InChI=1S/C18H30N2O2/c1-7-20(12-18(5,6)22)11-16(21)19-17-14(4)9-8-10-15(17)13(2)3/h8-10,13,22H,7,11-12H2,1-6H3,(H,19,21). The van der Waals surface area contributed by atoms with Gasteiger partial charge in [0, 0.05) is 12.2 Å². The fraction of sp³-hybridized carbons (Fsp3) is 0.611. The zero-order chi connectivity index (χ0) is 16.9. The van der Waals surface area contributed by atoms with E-state index in [1.807, 2.05) is 30.9 Å². The van der Waals surface area contributed by atoms with Gasteiger partial charge in [0.05, 0.1) is 12.1 Å². The van der Waals surface area contributed by atoms with Crippen LogP contribution in [0.1, 0.15) is 51.7 Å². The SMILES string of the molecule is CCN(CC(=O)Nc1c(C)cccc1C(C)C)CC(C)(C)O. The van der Waals surface area contributed by atoms with Crippen LogP contribution in [0.25, 0.3) is 0 Å². The minimum atomic E-state index is -0.804. The number of aliphatic hydroxyl groups is 1. The summed E-state index contributed by atoms with van der Waals surface area (Å²) in [6, 6.07) is 6.09. The van der Waals surface area contributed by atoms with Gasteiger partial charge in [-0.3, -0.25) is 9.69 Å². The number of carbonyl (C=O) groups excluding carboxylic acids is 1. The predicted molar refractivity (Wildman–Crippen MR) is 92.3 cm³/mol. The molecule has 0 atom stereocenters. The van der Waals surface area contributed by atoms with Gasteiger partial charge in [0.1, 0.15) is 0 Å². The van der Waals surface area contributed by atoms with Gasteiger partial charge >= 0.3 is 0 Å². The molecule has 0 aliphatic carbocycles. The molecule has 1 amide bonds. The van der Waals surface area contributed by atoms with Gasteiger partial charge in [-0.15, -0.1) is 0 Å². The van der Waals surface area contributed by atoms with E-state index in [0.717, 1.165) is 23.4 Å². The van der Waals surface area contributed by atoms with Crippen LogP contribution < -0.4 is 5.32 Å². The molecule has 0 bridgehead atoms. The molecule has 0 spiro atoms. The summed E-state index contributed by atoms with van der Waals surface area (Å²) in [7, 11) is 0. The molecule has 4 heteroatoms. The number of hydrogen-bond acceptors (Lipinski definition) is 3. The number of carbonyl (C=O) groups is 1. The van der Waals surface area contributed by atoms with Crippen LogP contribution in [-0.2, 0) is 4.79 Å². The maximum absolute atomic E-state index is 12.4. The molecule has 0 radical (unpaired) electrons. The third-order valence-electron chi connectivity index (χ3n) is 3.62.